The largest absolute Gasteiger partial charge is 0.321 e. The van der Waals surface area contributed by atoms with E-state index in [1.807, 2.05) is 24.3 Å². The Morgan fingerprint density at radius 2 is 1.67 bits per heavy atom. The predicted octanol–water partition coefficient (Wildman–Crippen LogP) is 6.71. The predicted molar refractivity (Wildman–Crippen MR) is 115 cm³/mol. The van der Waals surface area contributed by atoms with E-state index in [9.17, 15) is 4.79 Å². The molecule has 0 radical (unpaired) electrons. The van der Waals surface area contributed by atoms with Gasteiger partial charge in [0.05, 0.1) is 4.88 Å². The molecule has 0 spiro atoms. The number of anilines is 1. The molecule has 0 atom stereocenters. The summed E-state index contributed by atoms with van der Waals surface area (Å²) in [5.41, 5.74) is 4.24. The zero-order valence-corrected chi connectivity index (χ0v) is 16.4. The molecule has 0 aliphatic heterocycles. The Labute approximate surface area is 167 Å². The molecule has 134 valence electrons. The van der Waals surface area contributed by atoms with Crippen LogP contribution >= 0.6 is 22.9 Å². The average molecular weight is 392 g/mol. The lowest BCUT2D eigenvalue weighted by Crippen LogP contribution is -2.12. The fourth-order valence-electron chi connectivity index (χ4n) is 3.09. The summed E-state index contributed by atoms with van der Waals surface area (Å²) in [4.78, 5) is 13.8. The van der Waals surface area contributed by atoms with Crippen molar-refractivity contribution in [3.05, 3.63) is 99.4 Å². The number of hydrogen-bond donors (Lipinski definition) is 1. The van der Waals surface area contributed by atoms with Crippen molar-refractivity contribution in [1.29, 1.82) is 0 Å². The lowest BCUT2D eigenvalue weighted by Gasteiger charge is -2.08. The average Bonchev–Trinajstić information content (AvgIpc) is 3.04. The Bertz CT molecular complexity index is 1100. The SMILES string of the molecule is Cc1ccc(Cc2c(C(=O)Nc3ccc(Cl)cc3)sc3ccccc23)cc1. The molecule has 1 amide bonds. The van der Waals surface area contributed by atoms with Crippen LogP contribution in [-0.2, 0) is 6.42 Å². The normalized spacial score (nSPS) is 10.9. The van der Waals surface area contributed by atoms with Gasteiger partial charge in [0.25, 0.3) is 5.91 Å². The van der Waals surface area contributed by atoms with Crippen molar-refractivity contribution in [3.8, 4) is 0 Å². The molecule has 3 aromatic carbocycles. The van der Waals surface area contributed by atoms with Gasteiger partial charge in [0.1, 0.15) is 0 Å². The minimum atomic E-state index is -0.0827. The zero-order chi connectivity index (χ0) is 18.8. The van der Waals surface area contributed by atoms with E-state index in [-0.39, 0.29) is 5.91 Å². The van der Waals surface area contributed by atoms with E-state index in [0.717, 1.165) is 32.6 Å². The number of hydrogen-bond acceptors (Lipinski definition) is 2. The molecule has 0 bridgehead atoms. The molecule has 1 aromatic heterocycles. The maximum absolute atomic E-state index is 13.0. The number of thiophene rings is 1. The summed E-state index contributed by atoms with van der Waals surface area (Å²) < 4.78 is 1.13. The van der Waals surface area contributed by atoms with Crippen molar-refractivity contribution in [2.45, 2.75) is 13.3 Å². The summed E-state index contributed by atoms with van der Waals surface area (Å²) in [7, 11) is 0. The lowest BCUT2D eigenvalue weighted by molar-refractivity contribution is 0.103. The molecule has 0 fully saturated rings. The van der Waals surface area contributed by atoms with E-state index in [4.69, 9.17) is 11.6 Å². The number of amides is 1. The highest BCUT2D eigenvalue weighted by molar-refractivity contribution is 7.21. The molecule has 0 aliphatic carbocycles. The molecule has 1 heterocycles. The molecular weight excluding hydrogens is 374 g/mol. The van der Waals surface area contributed by atoms with Crippen molar-refractivity contribution in [2.24, 2.45) is 0 Å². The Morgan fingerprint density at radius 3 is 2.41 bits per heavy atom. The van der Waals surface area contributed by atoms with Crippen LogP contribution in [0.15, 0.2) is 72.8 Å². The first-order chi connectivity index (χ1) is 13.1. The summed E-state index contributed by atoms with van der Waals surface area (Å²) in [6.07, 6.45) is 0.730. The van der Waals surface area contributed by atoms with Gasteiger partial charge in [0.2, 0.25) is 0 Å². The fraction of sp³-hybridized carbons (Fsp3) is 0.0870. The van der Waals surface area contributed by atoms with Gasteiger partial charge in [0, 0.05) is 15.4 Å². The Hall–Kier alpha value is -2.62. The van der Waals surface area contributed by atoms with Crippen LogP contribution in [0.2, 0.25) is 5.02 Å². The van der Waals surface area contributed by atoms with Gasteiger partial charge in [-0.2, -0.15) is 0 Å². The molecule has 4 aromatic rings. The van der Waals surface area contributed by atoms with Crippen molar-refractivity contribution in [3.63, 3.8) is 0 Å². The van der Waals surface area contributed by atoms with Crippen LogP contribution < -0.4 is 5.32 Å². The number of fused-ring (bicyclic) bond motifs is 1. The third-order valence-corrected chi connectivity index (χ3v) is 5.97. The third-order valence-electron chi connectivity index (χ3n) is 4.51. The highest BCUT2D eigenvalue weighted by Crippen LogP contribution is 2.33. The minimum absolute atomic E-state index is 0.0827. The van der Waals surface area contributed by atoms with E-state index < -0.39 is 0 Å². The first kappa shape index (κ1) is 17.8. The first-order valence-corrected chi connectivity index (χ1v) is 9.92. The summed E-state index contributed by atoms with van der Waals surface area (Å²) >= 11 is 7.47. The molecule has 0 saturated carbocycles. The zero-order valence-electron chi connectivity index (χ0n) is 14.8. The number of nitrogens with one attached hydrogen (secondary N) is 1. The second-order valence-electron chi connectivity index (χ2n) is 6.53. The highest BCUT2D eigenvalue weighted by atomic mass is 35.5. The van der Waals surface area contributed by atoms with Gasteiger partial charge in [-0.15, -0.1) is 11.3 Å². The summed E-state index contributed by atoms with van der Waals surface area (Å²) in [5, 5.41) is 4.79. The number of aryl methyl sites for hydroxylation is 1. The van der Waals surface area contributed by atoms with Crippen LogP contribution in [0, 0.1) is 6.92 Å². The number of carbonyl (C=O) groups is 1. The molecule has 27 heavy (non-hydrogen) atoms. The number of carbonyl (C=O) groups excluding carboxylic acids is 1. The maximum Gasteiger partial charge on any atom is 0.266 e. The van der Waals surface area contributed by atoms with E-state index in [2.05, 4.69) is 48.6 Å². The topological polar surface area (TPSA) is 29.1 Å². The summed E-state index contributed by atoms with van der Waals surface area (Å²) in [6, 6.07) is 23.8. The second kappa shape index (κ2) is 7.55. The van der Waals surface area contributed by atoms with Crippen LogP contribution in [0.5, 0.6) is 0 Å². The molecule has 0 unspecified atom stereocenters. The second-order valence-corrected chi connectivity index (χ2v) is 8.02. The van der Waals surface area contributed by atoms with E-state index in [1.54, 1.807) is 12.1 Å². The van der Waals surface area contributed by atoms with E-state index in [1.165, 1.54) is 22.5 Å². The minimum Gasteiger partial charge on any atom is -0.321 e. The standard InChI is InChI=1S/C23H18ClNOS/c1-15-6-8-16(9-7-15)14-20-19-4-2-3-5-21(19)27-22(20)23(26)25-18-12-10-17(24)11-13-18/h2-13H,14H2,1H3,(H,25,26). The van der Waals surface area contributed by atoms with Gasteiger partial charge < -0.3 is 5.32 Å². The number of rotatable bonds is 4. The summed E-state index contributed by atoms with van der Waals surface area (Å²) in [6.45, 7) is 2.08. The Balaban J connectivity index is 1.71. The van der Waals surface area contributed by atoms with Gasteiger partial charge in [-0.25, -0.2) is 0 Å². The van der Waals surface area contributed by atoms with Gasteiger partial charge in [-0.05, 0) is 60.2 Å². The molecule has 4 rings (SSSR count). The molecule has 1 N–H and O–H groups in total. The van der Waals surface area contributed by atoms with Gasteiger partial charge >= 0.3 is 0 Å². The van der Waals surface area contributed by atoms with Crippen LogP contribution in [0.25, 0.3) is 10.1 Å². The van der Waals surface area contributed by atoms with Crippen LogP contribution in [-0.4, -0.2) is 5.91 Å². The molecule has 0 saturated heterocycles. The smallest absolute Gasteiger partial charge is 0.266 e. The Kier molecular flexibility index (Phi) is 4.97. The number of halogens is 1. The first-order valence-electron chi connectivity index (χ1n) is 8.73. The third kappa shape index (κ3) is 3.90. The van der Waals surface area contributed by atoms with E-state index in [0.29, 0.717) is 5.02 Å². The maximum atomic E-state index is 13.0. The van der Waals surface area contributed by atoms with Crippen LogP contribution in [0.1, 0.15) is 26.4 Å². The van der Waals surface area contributed by atoms with Crippen molar-refractivity contribution in [2.75, 3.05) is 5.32 Å². The fourth-order valence-corrected chi connectivity index (χ4v) is 4.33. The number of benzene rings is 3. The van der Waals surface area contributed by atoms with E-state index >= 15 is 0 Å². The van der Waals surface area contributed by atoms with Crippen LogP contribution in [0.4, 0.5) is 5.69 Å². The molecule has 4 heteroatoms. The van der Waals surface area contributed by atoms with Gasteiger partial charge in [-0.3, -0.25) is 4.79 Å². The molecular formula is C23H18ClNOS. The van der Waals surface area contributed by atoms with Gasteiger partial charge in [-0.1, -0.05) is 59.6 Å². The monoisotopic (exact) mass is 391 g/mol. The van der Waals surface area contributed by atoms with Crippen molar-refractivity contribution < 1.29 is 4.79 Å². The highest BCUT2D eigenvalue weighted by Gasteiger charge is 2.18. The molecule has 0 aliphatic rings. The molecule has 2 nitrogen and oxygen atoms in total. The van der Waals surface area contributed by atoms with Crippen molar-refractivity contribution in [1.82, 2.24) is 0 Å². The van der Waals surface area contributed by atoms with Gasteiger partial charge in [0.15, 0.2) is 0 Å². The van der Waals surface area contributed by atoms with Crippen molar-refractivity contribution >= 4 is 44.6 Å². The summed E-state index contributed by atoms with van der Waals surface area (Å²) in [5.74, 6) is -0.0827. The Morgan fingerprint density at radius 1 is 0.963 bits per heavy atom. The van der Waals surface area contributed by atoms with Crippen LogP contribution in [0.3, 0.4) is 0 Å². The quantitative estimate of drug-likeness (QED) is 0.411. The lowest BCUT2D eigenvalue weighted by atomic mass is 10.0.